The molecule has 1 aliphatic rings. The van der Waals surface area contributed by atoms with Gasteiger partial charge in [-0.15, -0.1) is 0 Å². The van der Waals surface area contributed by atoms with Crippen molar-refractivity contribution >= 4 is 16.1 Å². The van der Waals surface area contributed by atoms with Crippen LogP contribution in [0.15, 0.2) is 77.0 Å². The van der Waals surface area contributed by atoms with Crippen LogP contribution in [0.25, 0.3) is 0 Å². The van der Waals surface area contributed by atoms with E-state index in [2.05, 4.69) is 6.07 Å². The maximum absolute atomic E-state index is 13.5. The third kappa shape index (κ3) is 4.54. The fourth-order valence-corrected chi connectivity index (χ4v) is 4.72. The van der Waals surface area contributed by atoms with Gasteiger partial charge < -0.3 is 19.4 Å². The molecule has 0 amide bonds. The fraction of sp³-hybridized carbons (Fsp3) is 0.120. The van der Waals surface area contributed by atoms with E-state index in [0.29, 0.717) is 16.7 Å². The van der Waals surface area contributed by atoms with Crippen molar-refractivity contribution in [2.45, 2.75) is 17.7 Å². The number of hydrogen-bond donors (Lipinski definition) is 1. The predicted octanol–water partition coefficient (Wildman–Crippen LogP) is 3.91. The highest BCUT2D eigenvalue weighted by molar-refractivity contribution is 7.87. The van der Waals surface area contributed by atoms with Gasteiger partial charge in [-0.2, -0.15) is 13.7 Å². The van der Waals surface area contributed by atoms with E-state index in [4.69, 9.17) is 19.4 Å². The molecule has 10 heteroatoms. The lowest BCUT2D eigenvalue weighted by atomic mass is 9.83. The van der Waals surface area contributed by atoms with E-state index in [-0.39, 0.29) is 33.4 Å². The number of aryl methyl sites for hydroxylation is 1. The van der Waals surface area contributed by atoms with E-state index in [9.17, 15) is 22.9 Å². The molecule has 0 spiro atoms. The molecular weight excluding hydrogens is 475 g/mol. The van der Waals surface area contributed by atoms with Crippen molar-refractivity contribution in [2.24, 2.45) is 5.73 Å². The van der Waals surface area contributed by atoms with Crippen molar-refractivity contribution in [3.05, 3.63) is 100 Å². The summed E-state index contributed by atoms with van der Waals surface area (Å²) in [7, 11) is -2.97. The molecule has 0 bridgehead atoms. The van der Waals surface area contributed by atoms with Crippen LogP contribution >= 0.6 is 0 Å². The number of esters is 1. The van der Waals surface area contributed by atoms with E-state index in [0.717, 1.165) is 12.1 Å². The summed E-state index contributed by atoms with van der Waals surface area (Å²) < 4.78 is 54.5. The quantitative estimate of drug-likeness (QED) is 0.418. The molecule has 0 aliphatic carbocycles. The topological polar surface area (TPSA) is 129 Å². The smallest absolute Gasteiger partial charge is 0.339 e. The Morgan fingerprint density at radius 1 is 1.11 bits per heavy atom. The lowest BCUT2D eigenvalue weighted by Gasteiger charge is -2.26. The Morgan fingerprint density at radius 2 is 1.83 bits per heavy atom. The van der Waals surface area contributed by atoms with Gasteiger partial charge in [0.05, 0.1) is 18.6 Å². The average Bonchev–Trinajstić information content (AvgIpc) is 2.84. The highest BCUT2D eigenvalue weighted by Gasteiger charge is 2.31. The third-order valence-corrected chi connectivity index (χ3v) is 6.72. The standard InChI is InChI=1S/C25H19FN2O6S/c1-14-11-18(8-10-21(14)26)35(30,31)34-17-7-9-19-22(12-17)33-24(28)20(13-27)23(19)15-3-5-16(6-4-15)25(29)32-2/h3-12,23H,28H2,1-2H3. The first kappa shape index (κ1) is 23.8. The molecule has 2 N–H and O–H groups in total. The highest BCUT2D eigenvalue weighted by Crippen LogP contribution is 2.43. The number of allylic oxidation sites excluding steroid dienone is 1. The molecule has 3 aromatic rings. The van der Waals surface area contributed by atoms with E-state index >= 15 is 0 Å². The molecule has 8 nitrogen and oxygen atoms in total. The fourth-order valence-electron chi connectivity index (χ4n) is 3.71. The number of halogens is 1. The number of carbonyl (C=O) groups excluding carboxylic acids is 1. The Hall–Kier alpha value is -4.36. The van der Waals surface area contributed by atoms with Gasteiger partial charge in [0.15, 0.2) is 0 Å². The number of nitriles is 1. The Morgan fingerprint density at radius 3 is 2.46 bits per heavy atom. The van der Waals surface area contributed by atoms with Crippen molar-refractivity contribution in [1.29, 1.82) is 5.26 Å². The van der Waals surface area contributed by atoms with Crippen LogP contribution in [0.4, 0.5) is 4.39 Å². The van der Waals surface area contributed by atoms with E-state index in [1.807, 2.05) is 0 Å². The number of carbonyl (C=O) groups is 1. The lowest BCUT2D eigenvalue weighted by Crippen LogP contribution is -2.21. The molecule has 0 fully saturated rings. The molecule has 4 rings (SSSR count). The predicted molar refractivity (Wildman–Crippen MR) is 122 cm³/mol. The zero-order valence-electron chi connectivity index (χ0n) is 18.6. The normalized spacial score (nSPS) is 15.0. The molecule has 3 aromatic carbocycles. The van der Waals surface area contributed by atoms with Crippen LogP contribution in [0.3, 0.4) is 0 Å². The van der Waals surface area contributed by atoms with Crippen LogP contribution in [0, 0.1) is 24.1 Å². The van der Waals surface area contributed by atoms with Gasteiger partial charge in [-0.1, -0.05) is 18.2 Å². The number of nitrogens with zero attached hydrogens (tertiary/aromatic N) is 1. The molecule has 1 unspecified atom stereocenters. The van der Waals surface area contributed by atoms with E-state index in [1.54, 1.807) is 30.3 Å². The number of ether oxygens (including phenoxy) is 2. The van der Waals surface area contributed by atoms with Crippen molar-refractivity contribution in [3.63, 3.8) is 0 Å². The first-order valence-corrected chi connectivity index (χ1v) is 11.7. The molecule has 0 saturated heterocycles. The molecule has 1 heterocycles. The van der Waals surface area contributed by atoms with Gasteiger partial charge in [-0.05, 0) is 54.4 Å². The number of benzene rings is 3. The summed E-state index contributed by atoms with van der Waals surface area (Å²) in [5, 5.41) is 9.70. The van der Waals surface area contributed by atoms with Crippen molar-refractivity contribution in [3.8, 4) is 17.6 Å². The van der Waals surface area contributed by atoms with Crippen LogP contribution in [0.1, 0.15) is 33.0 Å². The minimum absolute atomic E-state index is 0.0567. The Bertz CT molecular complexity index is 1510. The maximum atomic E-state index is 13.5. The Balaban J connectivity index is 1.71. The van der Waals surface area contributed by atoms with Gasteiger partial charge in [0.1, 0.15) is 33.9 Å². The van der Waals surface area contributed by atoms with Crippen LogP contribution in [-0.2, 0) is 14.9 Å². The summed E-state index contributed by atoms with van der Waals surface area (Å²) in [5.74, 6) is -1.66. The molecule has 0 aromatic heterocycles. The Labute approximate surface area is 201 Å². The second-order valence-electron chi connectivity index (χ2n) is 7.69. The summed E-state index contributed by atoms with van der Waals surface area (Å²) in [6.07, 6.45) is 0. The minimum atomic E-state index is -4.25. The summed E-state index contributed by atoms with van der Waals surface area (Å²) in [5.41, 5.74) is 7.85. The largest absolute Gasteiger partial charge is 0.465 e. The van der Waals surface area contributed by atoms with Gasteiger partial charge >= 0.3 is 16.1 Å². The lowest BCUT2D eigenvalue weighted by molar-refractivity contribution is 0.0600. The maximum Gasteiger partial charge on any atom is 0.339 e. The van der Waals surface area contributed by atoms with E-state index in [1.165, 1.54) is 32.2 Å². The average molecular weight is 495 g/mol. The zero-order chi connectivity index (χ0) is 25.3. The van der Waals surface area contributed by atoms with Crippen molar-refractivity contribution in [1.82, 2.24) is 0 Å². The van der Waals surface area contributed by atoms with Gasteiger partial charge in [0.2, 0.25) is 5.88 Å². The molecule has 35 heavy (non-hydrogen) atoms. The van der Waals surface area contributed by atoms with Gasteiger partial charge in [0, 0.05) is 11.6 Å². The first-order chi connectivity index (χ1) is 16.6. The van der Waals surface area contributed by atoms with Gasteiger partial charge in [-0.3, -0.25) is 0 Å². The summed E-state index contributed by atoms with van der Waals surface area (Å²) >= 11 is 0. The molecule has 1 aliphatic heterocycles. The number of methoxy groups -OCH3 is 1. The second kappa shape index (κ2) is 9.12. The third-order valence-electron chi connectivity index (χ3n) is 5.48. The van der Waals surface area contributed by atoms with Crippen LogP contribution in [-0.4, -0.2) is 21.5 Å². The van der Waals surface area contributed by atoms with Crippen molar-refractivity contribution in [2.75, 3.05) is 7.11 Å². The van der Waals surface area contributed by atoms with Crippen LogP contribution in [0.5, 0.6) is 11.5 Å². The summed E-state index contributed by atoms with van der Waals surface area (Å²) in [4.78, 5) is 11.6. The highest BCUT2D eigenvalue weighted by atomic mass is 32.2. The summed E-state index contributed by atoms with van der Waals surface area (Å²) in [6, 6.07) is 16.2. The van der Waals surface area contributed by atoms with Gasteiger partial charge in [-0.25, -0.2) is 9.18 Å². The number of rotatable bonds is 5. The monoisotopic (exact) mass is 494 g/mol. The first-order valence-electron chi connectivity index (χ1n) is 10.2. The molecule has 0 radical (unpaired) electrons. The second-order valence-corrected chi connectivity index (χ2v) is 9.23. The number of hydrogen-bond acceptors (Lipinski definition) is 8. The SMILES string of the molecule is COC(=O)c1ccc(C2C(C#N)=C(N)Oc3cc(OS(=O)(=O)c4ccc(F)c(C)c4)ccc32)cc1. The van der Waals surface area contributed by atoms with Crippen LogP contribution < -0.4 is 14.7 Å². The number of fused-ring (bicyclic) bond motifs is 1. The molecule has 178 valence electrons. The molecular formula is C25H19FN2O6S. The van der Waals surface area contributed by atoms with E-state index < -0.39 is 27.8 Å². The van der Waals surface area contributed by atoms with Crippen LogP contribution in [0.2, 0.25) is 0 Å². The molecule has 0 saturated carbocycles. The molecule has 1 atom stereocenters. The minimum Gasteiger partial charge on any atom is -0.465 e. The van der Waals surface area contributed by atoms with Crippen molar-refractivity contribution < 1.29 is 31.3 Å². The number of nitrogens with two attached hydrogens (primary N) is 1. The Kier molecular flexibility index (Phi) is 6.20. The zero-order valence-corrected chi connectivity index (χ0v) is 19.4. The summed E-state index contributed by atoms with van der Waals surface area (Å²) in [6.45, 7) is 1.45. The van der Waals surface area contributed by atoms with Gasteiger partial charge in [0.25, 0.3) is 0 Å².